The Labute approximate surface area is 74.9 Å². The van der Waals surface area contributed by atoms with Crippen molar-refractivity contribution in [3.63, 3.8) is 0 Å². The molecule has 12 heavy (non-hydrogen) atoms. The van der Waals surface area contributed by atoms with Crippen LogP contribution in [0.4, 0.5) is 0 Å². The van der Waals surface area contributed by atoms with Crippen LogP contribution in [-0.4, -0.2) is 51.1 Å². The van der Waals surface area contributed by atoms with E-state index in [1.165, 1.54) is 0 Å². The third-order valence-corrected chi connectivity index (χ3v) is 2.81. The van der Waals surface area contributed by atoms with Gasteiger partial charge in [-0.05, 0) is 0 Å². The molecule has 6 heteroatoms. The molecule has 0 aromatic heterocycles. The molecule has 6 atom stereocenters. The number of hydrogen-bond donors (Lipinski definition) is 5. The summed E-state index contributed by atoms with van der Waals surface area (Å²) in [5.74, 6) is 0. The molecule has 0 aliphatic heterocycles. The van der Waals surface area contributed by atoms with Gasteiger partial charge in [-0.3, -0.25) is 0 Å². The van der Waals surface area contributed by atoms with Gasteiger partial charge in [-0.1, -0.05) is 0 Å². The molecule has 1 rings (SSSR count). The molecule has 0 amide bonds. The summed E-state index contributed by atoms with van der Waals surface area (Å²) >= 11 is 5.69. The summed E-state index contributed by atoms with van der Waals surface area (Å²) in [5, 5.41) is 26.9. The fraction of sp³-hybridized carbons (Fsp3) is 1.00. The van der Waals surface area contributed by atoms with E-state index in [1.54, 1.807) is 0 Å². The molecule has 1 saturated carbocycles. The summed E-state index contributed by atoms with van der Waals surface area (Å²) in [4.78, 5) is 0. The highest BCUT2D eigenvalue weighted by molar-refractivity contribution is 6.21. The zero-order valence-corrected chi connectivity index (χ0v) is 7.09. The standard InChI is InChI=1S/C6H13ClN2O3/c7-1-2(8)4(10)6(12)5(11)3(1)9/h1-6,10-12H,8-9H2/t1?,2-,3+,4+,5-,6?. The van der Waals surface area contributed by atoms with Crippen LogP contribution >= 0.6 is 11.6 Å². The molecule has 0 spiro atoms. The lowest BCUT2D eigenvalue weighted by molar-refractivity contribution is -0.0988. The van der Waals surface area contributed by atoms with Crippen molar-refractivity contribution in [3.05, 3.63) is 0 Å². The summed E-state index contributed by atoms with van der Waals surface area (Å²) in [7, 11) is 0. The van der Waals surface area contributed by atoms with Crippen LogP contribution in [0, 0.1) is 0 Å². The van der Waals surface area contributed by atoms with Gasteiger partial charge in [0.15, 0.2) is 0 Å². The Hall–Kier alpha value is 0.0900. The van der Waals surface area contributed by atoms with Crippen LogP contribution < -0.4 is 11.5 Å². The third-order valence-electron chi connectivity index (χ3n) is 2.22. The van der Waals surface area contributed by atoms with Crippen LogP contribution in [0.2, 0.25) is 0 Å². The summed E-state index contributed by atoms with van der Waals surface area (Å²) in [6.45, 7) is 0. The molecule has 0 saturated heterocycles. The Balaban J connectivity index is 2.76. The molecule has 0 aromatic carbocycles. The van der Waals surface area contributed by atoms with Gasteiger partial charge < -0.3 is 26.8 Å². The van der Waals surface area contributed by atoms with E-state index >= 15 is 0 Å². The first-order valence-electron chi connectivity index (χ1n) is 3.66. The smallest absolute Gasteiger partial charge is 0.109 e. The van der Waals surface area contributed by atoms with Gasteiger partial charge in [0.2, 0.25) is 0 Å². The average Bonchev–Trinajstić information content (AvgIpc) is 2.08. The molecule has 7 N–H and O–H groups in total. The number of aliphatic hydroxyl groups is 3. The highest BCUT2D eigenvalue weighted by Crippen LogP contribution is 2.22. The van der Waals surface area contributed by atoms with Gasteiger partial charge in [-0.15, -0.1) is 11.6 Å². The van der Waals surface area contributed by atoms with Crippen molar-refractivity contribution in [1.82, 2.24) is 0 Å². The highest BCUT2D eigenvalue weighted by atomic mass is 35.5. The molecule has 1 aliphatic carbocycles. The van der Waals surface area contributed by atoms with Crippen molar-refractivity contribution in [1.29, 1.82) is 0 Å². The SMILES string of the molecule is N[C@@H]1C(Cl)[C@H](N)[C@@H](O)C(O)[C@H]1O. The zero-order valence-electron chi connectivity index (χ0n) is 6.34. The normalized spacial score (nSPS) is 55.5. The van der Waals surface area contributed by atoms with Gasteiger partial charge in [0, 0.05) is 0 Å². The van der Waals surface area contributed by atoms with E-state index in [0.717, 1.165) is 0 Å². The van der Waals surface area contributed by atoms with E-state index in [0.29, 0.717) is 0 Å². The van der Waals surface area contributed by atoms with Gasteiger partial charge in [0.05, 0.1) is 29.7 Å². The average molecular weight is 197 g/mol. The molecule has 0 radical (unpaired) electrons. The Morgan fingerprint density at radius 2 is 1.17 bits per heavy atom. The lowest BCUT2D eigenvalue weighted by Gasteiger charge is -2.40. The summed E-state index contributed by atoms with van der Waals surface area (Å²) in [6.07, 6.45) is -3.76. The quantitative estimate of drug-likeness (QED) is 0.272. The molecular weight excluding hydrogens is 184 g/mol. The minimum Gasteiger partial charge on any atom is -0.389 e. The van der Waals surface area contributed by atoms with E-state index in [4.69, 9.17) is 23.1 Å². The van der Waals surface area contributed by atoms with Crippen LogP contribution in [0.5, 0.6) is 0 Å². The monoisotopic (exact) mass is 196 g/mol. The fourth-order valence-electron chi connectivity index (χ4n) is 1.29. The van der Waals surface area contributed by atoms with Gasteiger partial charge in [0.1, 0.15) is 6.10 Å². The highest BCUT2D eigenvalue weighted by Gasteiger charge is 2.45. The zero-order chi connectivity index (χ0) is 9.46. The van der Waals surface area contributed by atoms with E-state index in [2.05, 4.69) is 0 Å². The predicted molar refractivity (Wildman–Crippen MR) is 43.6 cm³/mol. The van der Waals surface area contributed by atoms with Crippen molar-refractivity contribution in [2.75, 3.05) is 0 Å². The first kappa shape index (κ1) is 10.2. The van der Waals surface area contributed by atoms with Gasteiger partial charge in [0.25, 0.3) is 0 Å². The molecule has 0 aromatic rings. The van der Waals surface area contributed by atoms with E-state index in [9.17, 15) is 15.3 Å². The minimum absolute atomic E-state index is 0.724. The van der Waals surface area contributed by atoms with Crippen molar-refractivity contribution in [2.24, 2.45) is 11.5 Å². The molecular formula is C6H13ClN2O3. The topological polar surface area (TPSA) is 113 Å². The third kappa shape index (κ3) is 1.44. The Bertz CT molecular complexity index is 112. The molecule has 72 valence electrons. The van der Waals surface area contributed by atoms with E-state index in [-0.39, 0.29) is 0 Å². The number of nitrogens with two attached hydrogens (primary N) is 2. The van der Waals surface area contributed by atoms with Crippen LogP contribution in [0.25, 0.3) is 0 Å². The van der Waals surface area contributed by atoms with Crippen LogP contribution in [0.15, 0.2) is 0 Å². The van der Waals surface area contributed by atoms with Crippen molar-refractivity contribution in [2.45, 2.75) is 35.8 Å². The Kier molecular flexibility index (Phi) is 2.92. The maximum atomic E-state index is 9.23. The maximum Gasteiger partial charge on any atom is 0.109 e. The number of hydrogen-bond acceptors (Lipinski definition) is 5. The minimum atomic E-state index is -1.31. The lowest BCUT2D eigenvalue weighted by atomic mass is 9.84. The van der Waals surface area contributed by atoms with Crippen molar-refractivity contribution < 1.29 is 15.3 Å². The van der Waals surface area contributed by atoms with Crippen LogP contribution in [0.1, 0.15) is 0 Å². The predicted octanol–water partition coefficient (Wildman–Crippen LogP) is -2.66. The largest absolute Gasteiger partial charge is 0.389 e. The lowest BCUT2D eigenvalue weighted by Crippen LogP contribution is -2.67. The Morgan fingerprint density at radius 1 is 0.833 bits per heavy atom. The van der Waals surface area contributed by atoms with E-state index < -0.39 is 35.8 Å². The van der Waals surface area contributed by atoms with Gasteiger partial charge >= 0.3 is 0 Å². The number of halogens is 1. The number of rotatable bonds is 0. The fourth-order valence-corrected chi connectivity index (χ4v) is 1.59. The molecule has 0 heterocycles. The van der Waals surface area contributed by atoms with Crippen molar-refractivity contribution in [3.8, 4) is 0 Å². The van der Waals surface area contributed by atoms with Gasteiger partial charge in [-0.2, -0.15) is 0 Å². The first-order chi connectivity index (χ1) is 5.46. The Morgan fingerprint density at radius 3 is 1.50 bits per heavy atom. The molecule has 0 bridgehead atoms. The number of aliphatic hydroxyl groups excluding tert-OH is 3. The van der Waals surface area contributed by atoms with Gasteiger partial charge in [-0.25, -0.2) is 0 Å². The summed E-state index contributed by atoms with van der Waals surface area (Å²) < 4.78 is 0. The summed E-state index contributed by atoms with van der Waals surface area (Å²) in [5.41, 5.74) is 10.9. The molecule has 5 nitrogen and oxygen atoms in total. The second-order valence-electron chi connectivity index (χ2n) is 3.07. The maximum absolute atomic E-state index is 9.23. The van der Waals surface area contributed by atoms with Crippen molar-refractivity contribution >= 4 is 11.6 Å². The van der Waals surface area contributed by atoms with E-state index in [1.807, 2.05) is 0 Å². The second kappa shape index (κ2) is 3.45. The molecule has 1 fully saturated rings. The second-order valence-corrected chi connectivity index (χ2v) is 3.57. The molecule has 1 aliphatic rings. The molecule has 2 unspecified atom stereocenters. The first-order valence-corrected chi connectivity index (χ1v) is 4.10. The summed E-state index contributed by atoms with van der Waals surface area (Å²) in [6, 6.07) is -1.61. The van der Waals surface area contributed by atoms with Crippen LogP contribution in [0.3, 0.4) is 0 Å². The number of alkyl halides is 1. The van der Waals surface area contributed by atoms with Crippen LogP contribution in [-0.2, 0) is 0 Å².